The summed E-state index contributed by atoms with van der Waals surface area (Å²) >= 11 is 13.8. The second kappa shape index (κ2) is 8.77. The van der Waals surface area contributed by atoms with Gasteiger partial charge in [0.15, 0.2) is 5.78 Å². The summed E-state index contributed by atoms with van der Waals surface area (Å²) in [5, 5.41) is 5.36. The number of thioether (sulfide) groups is 1. The molecule has 0 aromatic heterocycles. The Labute approximate surface area is 208 Å². The number of Topliss-reactive ketones (excluding diaryl/α,β-unsaturated/α-hetero) is 1. The van der Waals surface area contributed by atoms with Crippen LogP contribution in [0.5, 0.6) is 0 Å². The molecule has 1 fully saturated rings. The fourth-order valence-electron chi connectivity index (χ4n) is 4.40. The van der Waals surface area contributed by atoms with Crippen LogP contribution in [-0.2, 0) is 10.4 Å². The molecule has 1 saturated heterocycles. The van der Waals surface area contributed by atoms with Gasteiger partial charge in [0.1, 0.15) is 0 Å². The maximum atomic E-state index is 14.4. The number of fused-ring (bicyclic) bond motifs is 1. The minimum absolute atomic E-state index is 0.0378. The number of carbonyl (C=O) groups excluding carboxylic acids is 1. The van der Waals surface area contributed by atoms with Crippen molar-refractivity contribution in [3.63, 3.8) is 0 Å². The lowest BCUT2D eigenvalue weighted by molar-refractivity contribution is -0.275. The third-order valence-electron chi connectivity index (χ3n) is 6.23. The SMILES string of the molecule is O=C(CC1CSC1)c1ccc(C2=NOC(c3cc(Cl)cc(Cl)c3)(C(F)(F)F)C2)c2ccccc12. The first kappa shape index (κ1) is 23.5. The Hall–Kier alpha value is -2.22. The molecule has 0 saturated carbocycles. The number of oxime groups is 1. The first-order chi connectivity index (χ1) is 16.2. The van der Waals surface area contributed by atoms with Crippen LogP contribution in [0.2, 0.25) is 10.0 Å². The van der Waals surface area contributed by atoms with Gasteiger partial charge in [-0.25, -0.2) is 0 Å². The lowest BCUT2D eigenvalue weighted by Gasteiger charge is -2.29. The van der Waals surface area contributed by atoms with E-state index in [1.165, 1.54) is 18.2 Å². The predicted octanol–water partition coefficient (Wildman–Crippen LogP) is 7.66. The molecule has 1 unspecified atom stereocenters. The van der Waals surface area contributed by atoms with Crippen molar-refractivity contribution in [2.24, 2.45) is 11.1 Å². The molecule has 2 heterocycles. The maximum Gasteiger partial charge on any atom is 0.435 e. The molecule has 1 atom stereocenters. The quantitative estimate of drug-likeness (QED) is 0.322. The molecule has 3 aromatic rings. The molecule has 0 bridgehead atoms. The molecule has 0 spiro atoms. The summed E-state index contributed by atoms with van der Waals surface area (Å²) in [6.07, 6.45) is -4.87. The zero-order valence-electron chi connectivity index (χ0n) is 17.7. The van der Waals surface area contributed by atoms with Crippen molar-refractivity contribution in [1.29, 1.82) is 0 Å². The minimum Gasteiger partial charge on any atom is -0.374 e. The highest BCUT2D eigenvalue weighted by Gasteiger charge is 2.62. The van der Waals surface area contributed by atoms with Crippen LogP contribution in [0.4, 0.5) is 13.2 Å². The number of halogens is 5. The number of alkyl halides is 3. The van der Waals surface area contributed by atoms with Gasteiger partial charge in [0.25, 0.3) is 5.60 Å². The number of nitrogens with zero attached hydrogens (tertiary/aromatic N) is 1. The van der Waals surface area contributed by atoms with Crippen molar-refractivity contribution in [2.75, 3.05) is 11.5 Å². The Bertz CT molecular complexity index is 1300. The summed E-state index contributed by atoms with van der Waals surface area (Å²) in [6.45, 7) is 0. The third kappa shape index (κ3) is 4.08. The summed E-state index contributed by atoms with van der Waals surface area (Å²) in [6, 6.07) is 14.3. The molecule has 0 aliphatic carbocycles. The zero-order valence-corrected chi connectivity index (χ0v) is 20.0. The third-order valence-corrected chi connectivity index (χ3v) is 8.08. The first-order valence-electron chi connectivity index (χ1n) is 10.6. The molecule has 2 aliphatic heterocycles. The second-order valence-electron chi connectivity index (χ2n) is 8.53. The van der Waals surface area contributed by atoms with Crippen molar-refractivity contribution in [1.82, 2.24) is 0 Å². The fourth-order valence-corrected chi connectivity index (χ4v) is 5.73. The molecule has 0 N–H and O–H groups in total. The zero-order chi connectivity index (χ0) is 24.1. The Morgan fingerprint density at radius 3 is 2.35 bits per heavy atom. The van der Waals surface area contributed by atoms with E-state index in [-0.39, 0.29) is 27.1 Å². The van der Waals surface area contributed by atoms with E-state index in [1.807, 2.05) is 23.9 Å². The van der Waals surface area contributed by atoms with Crippen LogP contribution in [-0.4, -0.2) is 29.2 Å². The van der Waals surface area contributed by atoms with Crippen LogP contribution in [0.3, 0.4) is 0 Å². The van der Waals surface area contributed by atoms with Gasteiger partial charge in [-0.05, 0) is 46.4 Å². The highest BCUT2D eigenvalue weighted by molar-refractivity contribution is 8.00. The van der Waals surface area contributed by atoms with Crippen LogP contribution < -0.4 is 0 Å². The van der Waals surface area contributed by atoms with Crippen LogP contribution in [0, 0.1) is 5.92 Å². The van der Waals surface area contributed by atoms with Gasteiger partial charge in [-0.3, -0.25) is 4.79 Å². The van der Waals surface area contributed by atoms with E-state index in [2.05, 4.69) is 5.16 Å². The Kier molecular flexibility index (Phi) is 6.07. The van der Waals surface area contributed by atoms with E-state index in [0.717, 1.165) is 11.5 Å². The molecule has 2 aliphatic rings. The van der Waals surface area contributed by atoms with E-state index in [1.54, 1.807) is 24.3 Å². The van der Waals surface area contributed by atoms with Crippen LogP contribution >= 0.6 is 35.0 Å². The van der Waals surface area contributed by atoms with E-state index in [4.69, 9.17) is 28.0 Å². The average molecular weight is 524 g/mol. The number of rotatable bonds is 5. The molecular weight excluding hydrogens is 506 g/mol. The Balaban J connectivity index is 1.54. The Morgan fingerprint density at radius 2 is 1.74 bits per heavy atom. The number of hydrogen-bond donors (Lipinski definition) is 0. The molecule has 5 rings (SSSR count). The number of carbonyl (C=O) groups is 1. The molecule has 34 heavy (non-hydrogen) atoms. The highest BCUT2D eigenvalue weighted by Crippen LogP contribution is 2.50. The predicted molar refractivity (Wildman–Crippen MR) is 130 cm³/mol. The summed E-state index contributed by atoms with van der Waals surface area (Å²) < 4.78 is 43.1. The first-order valence-corrected chi connectivity index (χ1v) is 12.5. The van der Waals surface area contributed by atoms with Gasteiger partial charge >= 0.3 is 6.18 Å². The van der Waals surface area contributed by atoms with Gasteiger partial charge in [-0.1, -0.05) is 64.8 Å². The average Bonchev–Trinajstić information content (AvgIpc) is 3.21. The van der Waals surface area contributed by atoms with Crippen molar-refractivity contribution in [2.45, 2.75) is 24.6 Å². The molecule has 0 amide bonds. The van der Waals surface area contributed by atoms with Gasteiger partial charge in [0.05, 0.1) is 5.71 Å². The Morgan fingerprint density at radius 1 is 1.06 bits per heavy atom. The van der Waals surface area contributed by atoms with E-state index >= 15 is 0 Å². The van der Waals surface area contributed by atoms with Gasteiger partial charge in [-0.15, -0.1) is 0 Å². The van der Waals surface area contributed by atoms with Crippen molar-refractivity contribution >= 4 is 57.2 Å². The van der Waals surface area contributed by atoms with Crippen LogP contribution in [0.1, 0.15) is 34.3 Å². The molecule has 3 nitrogen and oxygen atoms in total. The lowest BCUT2D eigenvalue weighted by atomic mass is 9.85. The van der Waals surface area contributed by atoms with Crippen molar-refractivity contribution in [3.05, 3.63) is 81.3 Å². The molecule has 176 valence electrons. The smallest absolute Gasteiger partial charge is 0.374 e. The topological polar surface area (TPSA) is 38.7 Å². The molecule has 0 radical (unpaired) electrons. The molecular formula is C25H18Cl2F3NO2S. The van der Waals surface area contributed by atoms with Gasteiger partial charge in [0, 0.05) is 39.6 Å². The normalized spacial score (nSPS) is 20.7. The lowest BCUT2D eigenvalue weighted by Crippen LogP contribution is -2.42. The van der Waals surface area contributed by atoms with Gasteiger partial charge in [-0.2, -0.15) is 24.9 Å². The number of hydrogen-bond acceptors (Lipinski definition) is 4. The summed E-state index contributed by atoms with van der Waals surface area (Å²) in [7, 11) is 0. The largest absolute Gasteiger partial charge is 0.435 e. The van der Waals surface area contributed by atoms with Crippen molar-refractivity contribution < 1.29 is 22.8 Å². The fraction of sp³-hybridized carbons (Fsp3) is 0.280. The minimum atomic E-state index is -4.78. The summed E-state index contributed by atoms with van der Waals surface area (Å²) in [5.41, 5.74) is -1.73. The van der Waals surface area contributed by atoms with E-state index < -0.39 is 18.2 Å². The van der Waals surface area contributed by atoms with Crippen LogP contribution in [0.15, 0.2) is 59.8 Å². The molecule has 9 heteroatoms. The molecule has 3 aromatic carbocycles. The van der Waals surface area contributed by atoms with Crippen LogP contribution in [0.25, 0.3) is 10.8 Å². The number of benzene rings is 3. The number of ketones is 1. The monoisotopic (exact) mass is 523 g/mol. The standard InChI is InChI=1S/C25H18Cl2F3NO2S/c26-16-8-15(9-17(27)10-16)24(25(28,29)30)11-22(31-33-24)20-5-6-21(19-4-2-1-3-18(19)20)23(32)7-14-12-34-13-14/h1-6,8-10,14H,7,11-13H2. The van der Waals surface area contributed by atoms with E-state index in [9.17, 15) is 18.0 Å². The van der Waals surface area contributed by atoms with E-state index in [0.29, 0.717) is 34.2 Å². The van der Waals surface area contributed by atoms with Crippen molar-refractivity contribution in [3.8, 4) is 0 Å². The second-order valence-corrected chi connectivity index (χ2v) is 10.5. The summed E-state index contributed by atoms with van der Waals surface area (Å²) in [4.78, 5) is 18.1. The highest BCUT2D eigenvalue weighted by atomic mass is 35.5. The summed E-state index contributed by atoms with van der Waals surface area (Å²) in [5.74, 6) is 2.36. The van der Waals surface area contributed by atoms with Gasteiger partial charge in [0.2, 0.25) is 0 Å². The maximum absolute atomic E-state index is 14.4. The van der Waals surface area contributed by atoms with Gasteiger partial charge < -0.3 is 4.84 Å².